The zero-order valence-corrected chi connectivity index (χ0v) is 28.6. The first-order valence-corrected chi connectivity index (χ1v) is 18.3. The lowest BCUT2D eigenvalue weighted by atomic mass is 9.84. The van der Waals surface area contributed by atoms with Crippen molar-refractivity contribution >= 4 is 22.0 Å². The van der Waals surface area contributed by atoms with Gasteiger partial charge in [-0.15, -0.1) is 11.8 Å². The van der Waals surface area contributed by atoms with Crippen LogP contribution in [0.3, 0.4) is 0 Å². The molecule has 1 aliphatic rings. The van der Waals surface area contributed by atoms with Gasteiger partial charge in [0.05, 0.1) is 24.0 Å². The summed E-state index contributed by atoms with van der Waals surface area (Å²) in [5.74, 6) is -3.39. The summed E-state index contributed by atoms with van der Waals surface area (Å²) >= 11 is 1.70. The maximum atomic E-state index is 14.4. The van der Waals surface area contributed by atoms with Crippen molar-refractivity contribution in [3.05, 3.63) is 179 Å². The molecule has 1 aliphatic heterocycles. The molecule has 1 heterocycles. The van der Waals surface area contributed by atoms with Gasteiger partial charge in [0, 0.05) is 37.0 Å². The summed E-state index contributed by atoms with van der Waals surface area (Å²) in [7, 11) is -2.44. The second-order valence-electron chi connectivity index (χ2n) is 12.1. The van der Waals surface area contributed by atoms with Crippen molar-refractivity contribution in [2.45, 2.75) is 35.6 Å². The maximum Gasteiger partial charge on any atom is 0.282 e. The lowest BCUT2D eigenvalue weighted by Crippen LogP contribution is -2.45. The predicted octanol–water partition coefficient (Wildman–Crippen LogP) is 8.17. The Bertz CT molecular complexity index is 1840. The lowest BCUT2D eigenvalue weighted by Gasteiger charge is -2.37. The molecule has 5 aromatic rings. The van der Waals surface area contributed by atoms with Crippen LogP contribution in [0.15, 0.2) is 133 Å². The summed E-state index contributed by atoms with van der Waals surface area (Å²) in [6.07, 6.45) is 0.442. The Morgan fingerprint density at radius 2 is 1.24 bits per heavy atom. The van der Waals surface area contributed by atoms with Crippen LogP contribution in [0.4, 0.5) is 13.2 Å². The second kappa shape index (κ2) is 15.3. The first-order chi connectivity index (χ1) is 23.7. The summed E-state index contributed by atoms with van der Waals surface area (Å²) in [5, 5.41) is -0.186. The van der Waals surface area contributed by atoms with E-state index in [1.807, 2.05) is 84.9 Å². The van der Waals surface area contributed by atoms with E-state index in [-0.39, 0.29) is 37.1 Å². The number of nitrogens with zero attached hydrogens (tertiary/aromatic N) is 2. The van der Waals surface area contributed by atoms with Crippen LogP contribution >= 0.6 is 11.8 Å². The largest absolute Gasteiger partial charge is 0.375 e. The molecule has 10 heteroatoms. The first kappa shape index (κ1) is 34.9. The topological polar surface area (TPSA) is 49.9 Å². The third kappa shape index (κ3) is 7.64. The van der Waals surface area contributed by atoms with Gasteiger partial charge in [-0.1, -0.05) is 121 Å². The molecule has 0 amide bonds. The fourth-order valence-corrected chi connectivity index (χ4v) is 9.94. The molecule has 1 saturated heterocycles. The second-order valence-corrected chi connectivity index (χ2v) is 15.6. The molecule has 5 nitrogen and oxygen atoms in total. The number of hydrogen-bond donors (Lipinski definition) is 0. The molecule has 0 aromatic heterocycles. The molecule has 254 valence electrons. The number of rotatable bonds is 13. The molecule has 0 saturated carbocycles. The fourth-order valence-electron chi connectivity index (χ4n) is 6.42. The minimum atomic E-state index is -3.99. The van der Waals surface area contributed by atoms with E-state index in [2.05, 4.69) is 36.4 Å². The van der Waals surface area contributed by atoms with Crippen LogP contribution in [0.1, 0.15) is 34.2 Å². The number of hydrogen-bond acceptors (Lipinski definition) is 4. The van der Waals surface area contributed by atoms with E-state index in [1.54, 1.807) is 18.8 Å². The minimum absolute atomic E-state index is 0.0666. The molecule has 0 spiro atoms. The maximum absolute atomic E-state index is 14.4. The minimum Gasteiger partial charge on any atom is -0.375 e. The standard InChI is InChI=1S/C39H37F3N2O3S2/c1-43(25-29-14-6-2-7-15-29)49(45,46)44-26-35(23-34(44)28-47-27-30-22-37(41)38(42)24-36(30)40)48-39(31-16-8-3-9-17-31,32-18-10-4-11-19-32)33-20-12-5-13-21-33/h2-22,24,34-35H,23,25-28H2,1H3/t34-,35+/m0/s1. The molecular formula is C39H37F3N2O3S2. The van der Waals surface area contributed by atoms with Gasteiger partial charge in [-0.2, -0.15) is 17.0 Å². The Morgan fingerprint density at radius 1 is 0.755 bits per heavy atom. The van der Waals surface area contributed by atoms with Gasteiger partial charge in [0.1, 0.15) is 5.82 Å². The predicted molar refractivity (Wildman–Crippen MR) is 188 cm³/mol. The Labute approximate surface area is 290 Å². The third-order valence-corrected chi connectivity index (χ3v) is 12.5. The van der Waals surface area contributed by atoms with Crippen LogP contribution in [0.25, 0.3) is 0 Å². The number of benzene rings is 5. The summed E-state index contributed by atoms with van der Waals surface area (Å²) in [6.45, 7) is -0.0307. The normalized spacial score (nSPS) is 17.1. The molecule has 0 bridgehead atoms. The lowest BCUT2D eigenvalue weighted by molar-refractivity contribution is 0.0839. The van der Waals surface area contributed by atoms with E-state index in [1.165, 1.54) is 8.61 Å². The molecule has 0 aliphatic carbocycles. The van der Waals surface area contributed by atoms with Crippen molar-refractivity contribution in [3.63, 3.8) is 0 Å². The molecule has 2 atom stereocenters. The molecule has 6 rings (SSSR count). The van der Waals surface area contributed by atoms with Gasteiger partial charge in [0.15, 0.2) is 11.6 Å². The number of ether oxygens (including phenoxy) is 1. The van der Waals surface area contributed by atoms with Gasteiger partial charge in [-0.3, -0.25) is 0 Å². The highest BCUT2D eigenvalue weighted by Gasteiger charge is 2.47. The van der Waals surface area contributed by atoms with Gasteiger partial charge in [-0.25, -0.2) is 13.2 Å². The van der Waals surface area contributed by atoms with Crippen molar-refractivity contribution in [1.82, 2.24) is 8.61 Å². The van der Waals surface area contributed by atoms with Crippen molar-refractivity contribution in [2.24, 2.45) is 0 Å². The van der Waals surface area contributed by atoms with Crippen LogP contribution in [-0.2, 0) is 32.8 Å². The number of thioether (sulfide) groups is 1. The van der Waals surface area contributed by atoms with Gasteiger partial charge >= 0.3 is 0 Å². The van der Waals surface area contributed by atoms with Crippen LogP contribution in [0, 0.1) is 17.5 Å². The quantitative estimate of drug-likeness (QED) is 0.0918. The average molecular weight is 703 g/mol. The molecule has 1 fully saturated rings. The van der Waals surface area contributed by atoms with Crippen molar-refractivity contribution in [1.29, 1.82) is 0 Å². The smallest absolute Gasteiger partial charge is 0.282 e. The highest BCUT2D eigenvalue weighted by molar-refractivity contribution is 8.01. The van der Waals surface area contributed by atoms with E-state index in [0.717, 1.165) is 28.3 Å². The molecular weight excluding hydrogens is 666 g/mol. The summed E-state index contributed by atoms with van der Waals surface area (Å²) in [6, 6.07) is 40.6. The fraction of sp³-hybridized carbons (Fsp3) is 0.231. The van der Waals surface area contributed by atoms with Gasteiger partial charge < -0.3 is 4.74 Å². The monoisotopic (exact) mass is 702 g/mol. The van der Waals surface area contributed by atoms with Crippen molar-refractivity contribution < 1.29 is 26.3 Å². The van der Waals surface area contributed by atoms with Gasteiger partial charge in [0.25, 0.3) is 10.2 Å². The van der Waals surface area contributed by atoms with E-state index in [0.29, 0.717) is 12.5 Å². The van der Waals surface area contributed by atoms with E-state index in [9.17, 15) is 21.6 Å². The van der Waals surface area contributed by atoms with E-state index in [4.69, 9.17) is 4.74 Å². The first-order valence-electron chi connectivity index (χ1n) is 16.0. The Kier molecular flexibility index (Phi) is 10.9. The summed E-state index contributed by atoms with van der Waals surface area (Å²) < 4.78 is 78.4. The van der Waals surface area contributed by atoms with E-state index >= 15 is 0 Å². The Balaban J connectivity index is 1.34. The molecule has 0 N–H and O–H groups in total. The van der Waals surface area contributed by atoms with Gasteiger partial charge in [-0.05, 0) is 34.7 Å². The average Bonchev–Trinajstić information content (AvgIpc) is 3.54. The third-order valence-electron chi connectivity index (χ3n) is 8.81. The summed E-state index contributed by atoms with van der Waals surface area (Å²) in [5.41, 5.74) is 3.87. The van der Waals surface area contributed by atoms with E-state index < -0.39 is 38.4 Å². The summed E-state index contributed by atoms with van der Waals surface area (Å²) in [4.78, 5) is 0. The van der Waals surface area contributed by atoms with Crippen molar-refractivity contribution in [2.75, 3.05) is 20.2 Å². The Morgan fingerprint density at radius 3 is 1.78 bits per heavy atom. The SMILES string of the molecule is CN(Cc1ccccc1)S(=O)(=O)N1C[C@H](SC(c2ccccc2)(c2ccccc2)c2ccccc2)C[C@H]1COCc1cc(F)c(F)cc1F. The molecule has 5 aromatic carbocycles. The highest BCUT2D eigenvalue weighted by atomic mass is 32.2. The molecule has 49 heavy (non-hydrogen) atoms. The zero-order valence-electron chi connectivity index (χ0n) is 27.0. The zero-order chi connectivity index (χ0) is 34.4. The number of halogens is 3. The molecule has 0 radical (unpaired) electrons. The van der Waals surface area contributed by atoms with Crippen LogP contribution in [0.5, 0.6) is 0 Å². The van der Waals surface area contributed by atoms with Crippen LogP contribution in [0.2, 0.25) is 0 Å². The van der Waals surface area contributed by atoms with Gasteiger partial charge in [0.2, 0.25) is 0 Å². The Hall–Kier alpha value is -3.93. The van der Waals surface area contributed by atoms with Crippen LogP contribution in [-0.4, -0.2) is 48.5 Å². The highest BCUT2D eigenvalue weighted by Crippen LogP contribution is 2.52. The molecule has 0 unspecified atom stereocenters. The van der Waals surface area contributed by atoms with Crippen molar-refractivity contribution in [3.8, 4) is 0 Å². The van der Waals surface area contributed by atoms with Crippen LogP contribution < -0.4 is 0 Å².